The summed E-state index contributed by atoms with van der Waals surface area (Å²) in [6.07, 6.45) is 13.4. The molecule has 0 radical (unpaired) electrons. The van der Waals surface area contributed by atoms with E-state index >= 15 is 0 Å². The van der Waals surface area contributed by atoms with Crippen LogP contribution in [0.15, 0.2) is 51.8 Å². The van der Waals surface area contributed by atoms with Gasteiger partial charge in [0.15, 0.2) is 0 Å². The smallest absolute Gasteiger partial charge is 0.0569 e. The summed E-state index contributed by atoms with van der Waals surface area (Å²) in [5, 5.41) is 0.745. The van der Waals surface area contributed by atoms with Crippen molar-refractivity contribution in [2.24, 2.45) is 0 Å². The molecular formula is C25H37BrClNS. The average molecular weight is 499 g/mol. The van der Waals surface area contributed by atoms with E-state index in [9.17, 15) is 0 Å². The molecule has 0 bridgehead atoms. The summed E-state index contributed by atoms with van der Waals surface area (Å²) >= 11 is 11.5. The zero-order chi connectivity index (χ0) is 21.5. The molecule has 1 nitrogen and oxygen atoms in total. The van der Waals surface area contributed by atoms with Crippen molar-refractivity contribution in [3.05, 3.63) is 52.0 Å². The van der Waals surface area contributed by atoms with Crippen LogP contribution in [-0.2, 0) is 0 Å². The van der Waals surface area contributed by atoms with Gasteiger partial charge in [0.25, 0.3) is 0 Å². The molecule has 0 spiro atoms. The standard InChI is InChI=1S/C16H17BrClNS.C6H12.C3H8/c1-3-9-19(12-7-5-4-6-8-12)15-11-14(18)13(17)10-16(15)20-2;1-2-4-6-5-3-1;1-3-2/h4-8,10-11H,3,9H2,1-2H3;1-6H2;3H2,1-2H3. The molecule has 1 aliphatic rings. The lowest BCUT2D eigenvalue weighted by Gasteiger charge is -2.27. The van der Waals surface area contributed by atoms with Gasteiger partial charge in [0, 0.05) is 21.6 Å². The summed E-state index contributed by atoms with van der Waals surface area (Å²) in [6, 6.07) is 14.6. The molecule has 1 saturated carbocycles. The second-order valence-corrected chi connectivity index (χ2v) is 9.36. The SMILES string of the molecule is C1CCCCC1.CCC.CCCN(c1ccccc1)c1cc(Cl)c(Br)cc1SC. The summed E-state index contributed by atoms with van der Waals surface area (Å²) in [4.78, 5) is 3.54. The molecule has 162 valence electrons. The largest absolute Gasteiger partial charge is 0.341 e. The van der Waals surface area contributed by atoms with Gasteiger partial charge in [-0.15, -0.1) is 11.8 Å². The molecular weight excluding hydrogens is 462 g/mol. The van der Waals surface area contributed by atoms with Crippen molar-refractivity contribution in [2.75, 3.05) is 17.7 Å². The van der Waals surface area contributed by atoms with Crippen molar-refractivity contribution in [3.63, 3.8) is 0 Å². The van der Waals surface area contributed by atoms with Crippen LogP contribution in [0, 0.1) is 0 Å². The minimum absolute atomic E-state index is 0.745. The lowest BCUT2D eigenvalue weighted by atomic mass is 10.0. The van der Waals surface area contributed by atoms with Crippen LogP contribution in [0.1, 0.15) is 72.1 Å². The third kappa shape index (κ3) is 9.81. The van der Waals surface area contributed by atoms with Crippen molar-refractivity contribution >= 4 is 50.7 Å². The highest BCUT2D eigenvalue weighted by atomic mass is 79.9. The van der Waals surface area contributed by atoms with Gasteiger partial charge in [0.2, 0.25) is 0 Å². The monoisotopic (exact) mass is 497 g/mol. The molecule has 1 aliphatic carbocycles. The molecule has 0 unspecified atom stereocenters. The van der Waals surface area contributed by atoms with Crippen LogP contribution >= 0.6 is 39.3 Å². The van der Waals surface area contributed by atoms with E-state index in [4.69, 9.17) is 11.6 Å². The van der Waals surface area contributed by atoms with Gasteiger partial charge in [0.1, 0.15) is 0 Å². The van der Waals surface area contributed by atoms with E-state index in [1.807, 2.05) is 12.1 Å². The number of para-hydroxylation sites is 1. The highest BCUT2D eigenvalue weighted by molar-refractivity contribution is 9.10. The molecule has 0 N–H and O–H groups in total. The Kier molecular flexibility index (Phi) is 14.7. The highest BCUT2D eigenvalue weighted by Gasteiger charge is 2.14. The van der Waals surface area contributed by atoms with E-state index in [1.54, 1.807) is 11.8 Å². The first-order valence-electron chi connectivity index (χ1n) is 10.9. The Morgan fingerprint density at radius 3 is 1.90 bits per heavy atom. The van der Waals surface area contributed by atoms with E-state index in [0.29, 0.717) is 0 Å². The molecule has 3 rings (SSSR count). The average Bonchev–Trinajstić information content (AvgIpc) is 2.76. The third-order valence-corrected chi connectivity index (χ3v) is 6.49. The molecule has 0 atom stereocenters. The molecule has 4 heteroatoms. The van der Waals surface area contributed by atoms with Gasteiger partial charge in [0.05, 0.1) is 10.7 Å². The van der Waals surface area contributed by atoms with Crippen LogP contribution in [0.3, 0.4) is 0 Å². The predicted octanol–water partition coefficient (Wildman–Crippen LogP) is 10.1. The summed E-state index contributed by atoms with van der Waals surface area (Å²) in [7, 11) is 0. The van der Waals surface area contributed by atoms with E-state index < -0.39 is 0 Å². The van der Waals surface area contributed by atoms with E-state index in [2.05, 4.69) is 78.2 Å². The first-order valence-corrected chi connectivity index (χ1v) is 13.3. The minimum atomic E-state index is 0.745. The molecule has 0 amide bonds. The Bertz CT molecular complexity index is 663. The van der Waals surface area contributed by atoms with Crippen LogP contribution in [-0.4, -0.2) is 12.8 Å². The number of benzene rings is 2. The molecule has 0 aliphatic heterocycles. The van der Waals surface area contributed by atoms with Gasteiger partial charge in [-0.2, -0.15) is 0 Å². The zero-order valence-electron chi connectivity index (χ0n) is 18.5. The van der Waals surface area contributed by atoms with Gasteiger partial charge in [-0.05, 0) is 52.9 Å². The fraction of sp³-hybridized carbons (Fsp3) is 0.520. The topological polar surface area (TPSA) is 3.24 Å². The number of anilines is 2. The van der Waals surface area contributed by atoms with Crippen molar-refractivity contribution in [2.45, 2.75) is 77.0 Å². The fourth-order valence-electron chi connectivity index (χ4n) is 3.17. The first kappa shape index (κ1) is 26.4. The van der Waals surface area contributed by atoms with Gasteiger partial charge in [-0.3, -0.25) is 0 Å². The number of halogens is 2. The minimum Gasteiger partial charge on any atom is -0.341 e. The van der Waals surface area contributed by atoms with E-state index in [1.165, 1.54) is 61.2 Å². The molecule has 1 fully saturated rings. The predicted molar refractivity (Wildman–Crippen MR) is 138 cm³/mol. The van der Waals surface area contributed by atoms with Gasteiger partial charge >= 0.3 is 0 Å². The molecule has 2 aromatic carbocycles. The van der Waals surface area contributed by atoms with Crippen LogP contribution in [0.25, 0.3) is 0 Å². The lowest BCUT2D eigenvalue weighted by molar-refractivity contribution is 0.504. The van der Waals surface area contributed by atoms with Crippen molar-refractivity contribution in [1.82, 2.24) is 0 Å². The number of hydrogen-bond donors (Lipinski definition) is 0. The maximum absolute atomic E-state index is 6.29. The molecule has 29 heavy (non-hydrogen) atoms. The number of thioether (sulfide) groups is 1. The molecule has 2 aromatic rings. The summed E-state index contributed by atoms with van der Waals surface area (Å²) in [5.74, 6) is 0. The Hall–Kier alpha value is -0.640. The quantitative estimate of drug-likeness (QED) is 0.377. The molecule has 0 heterocycles. The second-order valence-electron chi connectivity index (χ2n) is 7.25. The maximum atomic E-state index is 6.29. The Labute approximate surface area is 196 Å². The normalized spacial score (nSPS) is 12.9. The van der Waals surface area contributed by atoms with Gasteiger partial charge in [-0.1, -0.05) is 95.5 Å². The van der Waals surface area contributed by atoms with Crippen LogP contribution in [0.2, 0.25) is 5.02 Å². The number of rotatable bonds is 5. The first-order chi connectivity index (χ1) is 14.1. The summed E-state index contributed by atoms with van der Waals surface area (Å²) < 4.78 is 0.941. The van der Waals surface area contributed by atoms with Crippen LogP contribution in [0.5, 0.6) is 0 Å². The second kappa shape index (κ2) is 16.1. The number of hydrogen-bond acceptors (Lipinski definition) is 2. The Morgan fingerprint density at radius 2 is 1.45 bits per heavy atom. The highest BCUT2D eigenvalue weighted by Crippen LogP contribution is 2.39. The van der Waals surface area contributed by atoms with Crippen LogP contribution < -0.4 is 4.90 Å². The Morgan fingerprint density at radius 1 is 0.931 bits per heavy atom. The summed E-state index contributed by atoms with van der Waals surface area (Å²) in [6.45, 7) is 7.41. The maximum Gasteiger partial charge on any atom is 0.0569 e. The lowest BCUT2D eigenvalue weighted by Crippen LogP contribution is -2.18. The van der Waals surface area contributed by atoms with E-state index in [-0.39, 0.29) is 0 Å². The van der Waals surface area contributed by atoms with Gasteiger partial charge in [-0.25, -0.2) is 0 Å². The third-order valence-electron chi connectivity index (χ3n) is 4.53. The van der Waals surface area contributed by atoms with Crippen molar-refractivity contribution in [1.29, 1.82) is 0 Å². The molecule has 0 aromatic heterocycles. The molecule has 0 saturated heterocycles. The van der Waals surface area contributed by atoms with Crippen molar-refractivity contribution < 1.29 is 0 Å². The summed E-state index contributed by atoms with van der Waals surface area (Å²) in [5.41, 5.74) is 2.36. The number of nitrogens with zero attached hydrogens (tertiary/aromatic N) is 1. The Balaban J connectivity index is 0.000000387. The fourth-order valence-corrected chi connectivity index (χ4v) is 4.44. The van der Waals surface area contributed by atoms with Crippen molar-refractivity contribution in [3.8, 4) is 0 Å². The van der Waals surface area contributed by atoms with Crippen LogP contribution in [0.4, 0.5) is 11.4 Å². The van der Waals surface area contributed by atoms with Gasteiger partial charge < -0.3 is 4.90 Å². The van der Waals surface area contributed by atoms with E-state index in [0.717, 1.165) is 22.5 Å². The zero-order valence-corrected chi connectivity index (χ0v) is 21.7.